The minimum Gasteiger partial charge on any atom is -0.484 e. The van der Waals surface area contributed by atoms with Gasteiger partial charge in [0.15, 0.2) is 0 Å². The van der Waals surface area contributed by atoms with Crippen LogP contribution in [0.3, 0.4) is 0 Å². The molecule has 5 heteroatoms. The van der Waals surface area contributed by atoms with Gasteiger partial charge < -0.3 is 9.84 Å². The summed E-state index contributed by atoms with van der Waals surface area (Å²) in [4.78, 5) is 12.7. The van der Waals surface area contributed by atoms with E-state index in [2.05, 4.69) is 0 Å². The van der Waals surface area contributed by atoms with Crippen molar-refractivity contribution in [1.82, 2.24) is 4.90 Å². The number of aryl methyl sites for hydroxylation is 1. The van der Waals surface area contributed by atoms with Crippen molar-refractivity contribution >= 4 is 17.6 Å². The van der Waals surface area contributed by atoms with Gasteiger partial charge in [-0.15, -0.1) is 0 Å². The molecule has 1 saturated heterocycles. The molecule has 0 radical (unpaired) electrons. The zero-order valence-corrected chi connectivity index (χ0v) is 11.3. The zero-order valence-electron chi connectivity index (χ0n) is 10.6. The molecule has 3 rings (SSSR count). The van der Waals surface area contributed by atoms with E-state index in [9.17, 15) is 4.79 Å². The van der Waals surface area contributed by atoms with Gasteiger partial charge in [-0.05, 0) is 24.5 Å². The number of carbonyl (C=O) groups is 1. The molecular weight excluding hydrogens is 266 g/mol. The van der Waals surface area contributed by atoms with Crippen molar-refractivity contribution in [2.45, 2.75) is 24.9 Å². The molecule has 2 heterocycles. The van der Waals surface area contributed by atoms with Crippen LogP contribution in [0.25, 0.3) is 0 Å². The first-order chi connectivity index (χ1) is 9.08. The maximum Gasteiger partial charge on any atom is 0.317 e. The Hall–Kier alpha value is -1.26. The smallest absolute Gasteiger partial charge is 0.317 e. The van der Waals surface area contributed by atoms with E-state index in [1.54, 1.807) is 0 Å². The Labute approximate surface area is 116 Å². The molecule has 0 amide bonds. The molecule has 102 valence electrons. The molecule has 0 aromatic heterocycles. The Balaban J connectivity index is 1.78. The van der Waals surface area contributed by atoms with Crippen LogP contribution < -0.4 is 4.74 Å². The van der Waals surface area contributed by atoms with Gasteiger partial charge in [0, 0.05) is 19.5 Å². The van der Waals surface area contributed by atoms with Crippen LogP contribution in [0.2, 0.25) is 5.02 Å². The van der Waals surface area contributed by atoms with Gasteiger partial charge in [0.2, 0.25) is 0 Å². The van der Waals surface area contributed by atoms with E-state index < -0.39 is 5.97 Å². The quantitative estimate of drug-likeness (QED) is 0.903. The topological polar surface area (TPSA) is 49.8 Å². The van der Waals surface area contributed by atoms with Crippen molar-refractivity contribution < 1.29 is 14.6 Å². The second kappa shape index (κ2) is 4.69. The SMILES string of the molecule is O=C(O)CN1CCC2(CCc3cccc(Cl)c3O2)C1. The summed E-state index contributed by atoms with van der Waals surface area (Å²) in [6.45, 7) is 1.52. The van der Waals surface area contributed by atoms with Gasteiger partial charge in [-0.25, -0.2) is 0 Å². The van der Waals surface area contributed by atoms with Gasteiger partial charge in [0.25, 0.3) is 0 Å². The van der Waals surface area contributed by atoms with Gasteiger partial charge in [0.05, 0.1) is 11.6 Å². The van der Waals surface area contributed by atoms with Crippen LogP contribution >= 0.6 is 11.6 Å². The van der Waals surface area contributed by atoms with Gasteiger partial charge in [0.1, 0.15) is 11.4 Å². The molecule has 4 nitrogen and oxygen atoms in total. The molecule has 19 heavy (non-hydrogen) atoms. The summed E-state index contributed by atoms with van der Waals surface area (Å²) in [5.41, 5.74) is 0.891. The third-order valence-electron chi connectivity index (χ3n) is 3.97. The Kier molecular flexibility index (Phi) is 3.15. The minimum absolute atomic E-state index is 0.0838. The molecule has 0 aliphatic carbocycles. The molecule has 1 spiro atoms. The monoisotopic (exact) mass is 281 g/mol. The first-order valence-electron chi connectivity index (χ1n) is 6.49. The average molecular weight is 282 g/mol. The van der Waals surface area contributed by atoms with E-state index in [1.165, 1.54) is 0 Å². The van der Waals surface area contributed by atoms with Crippen LogP contribution in [0.4, 0.5) is 0 Å². The standard InChI is InChI=1S/C14H16ClNO3/c15-11-3-1-2-10-4-5-14(19-13(10)11)6-7-16(9-14)8-12(17)18/h1-3H,4-9H2,(H,17,18). The summed E-state index contributed by atoms with van der Waals surface area (Å²) in [5.74, 6) is -0.00103. The Bertz CT molecular complexity index is 519. The van der Waals surface area contributed by atoms with Crippen molar-refractivity contribution in [1.29, 1.82) is 0 Å². The van der Waals surface area contributed by atoms with Crippen molar-refractivity contribution in [3.05, 3.63) is 28.8 Å². The van der Waals surface area contributed by atoms with Gasteiger partial charge in [-0.2, -0.15) is 0 Å². The molecule has 1 fully saturated rings. The number of benzene rings is 1. The molecule has 0 saturated carbocycles. The Morgan fingerprint density at radius 2 is 2.32 bits per heavy atom. The van der Waals surface area contributed by atoms with E-state index in [-0.39, 0.29) is 12.1 Å². The lowest BCUT2D eigenvalue weighted by Gasteiger charge is -2.36. The predicted octanol–water partition coefficient (Wildman–Crippen LogP) is 2.19. The highest BCUT2D eigenvalue weighted by atomic mass is 35.5. The number of carboxylic acid groups (broad SMARTS) is 1. The van der Waals surface area contributed by atoms with E-state index in [0.29, 0.717) is 11.6 Å². The summed E-state index contributed by atoms with van der Waals surface area (Å²) in [6, 6.07) is 5.81. The van der Waals surface area contributed by atoms with Gasteiger partial charge >= 0.3 is 5.97 Å². The summed E-state index contributed by atoms with van der Waals surface area (Å²) in [7, 11) is 0. The van der Waals surface area contributed by atoms with Crippen LogP contribution in [0.15, 0.2) is 18.2 Å². The fourth-order valence-corrected chi connectivity index (χ4v) is 3.27. The predicted molar refractivity (Wildman–Crippen MR) is 71.8 cm³/mol. The third-order valence-corrected chi connectivity index (χ3v) is 4.27. The summed E-state index contributed by atoms with van der Waals surface area (Å²) in [6.07, 6.45) is 2.73. The normalized spacial score (nSPS) is 26.2. The molecule has 1 aromatic rings. The minimum atomic E-state index is -0.786. The fourth-order valence-electron chi connectivity index (χ4n) is 3.04. The van der Waals surface area contributed by atoms with E-state index in [1.807, 2.05) is 23.1 Å². The lowest BCUT2D eigenvalue weighted by atomic mass is 9.90. The summed E-state index contributed by atoms with van der Waals surface area (Å²) in [5, 5.41) is 9.51. The summed E-state index contributed by atoms with van der Waals surface area (Å²) < 4.78 is 6.16. The number of likely N-dealkylation sites (tertiary alicyclic amines) is 1. The van der Waals surface area contributed by atoms with Crippen LogP contribution in [-0.4, -0.2) is 41.2 Å². The number of carboxylic acids is 1. The lowest BCUT2D eigenvalue weighted by molar-refractivity contribution is -0.138. The Morgan fingerprint density at radius 3 is 3.11 bits per heavy atom. The Morgan fingerprint density at radius 1 is 1.47 bits per heavy atom. The maximum atomic E-state index is 10.8. The van der Waals surface area contributed by atoms with E-state index in [4.69, 9.17) is 21.4 Å². The number of hydrogen-bond acceptors (Lipinski definition) is 3. The van der Waals surface area contributed by atoms with Crippen LogP contribution in [0, 0.1) is 0 Å². The van der Waals surface area contributed by atoms with Crippen molar-refractivity contribution in [3.8, 4) is 5.75 Å². The zero-order chi connectivity index (χ0) is 13.5. The highest BCUT2D eigenvalue weighted by Crippen LogP contribution is 2.42. The number of aliphatic carboxylic acids is 1. The fraction of sp³-hybridized carbons (Fsp3) is 0.500. The molecule has 1 unspecified atom stereocenters. The maximum absolute atomic E-state index is 10.8. The van der Waals surface area contributed by atoms with Crippen LogP contribution in [0.1, 0.15) is 18.4 Å². The number of para-hydroxylation sites is 1. The highest BCUT2D eigenvalue weighted by molar-refractivity contribution is 6.32. The average Bonchev–Trinajstić information content (AvgIpc) is 2.73. The molecular formula is C14H16ClNO3. The van der Waals surface area contributed by atoms with Gasteiger partial charge in [-0.3, -0.25) is 9.69 Å². The number of ether oxygens (including phenoxy) is 1. The number of rotatable bonds is 2. The first kappa shape index (κ1) is 12.8. The van der Waals surface area contributed by atoms with E-state index >= 15 is 0 Å². The van der Waals surface area contributed by atoms with E-state index in [0.717, 1.165) is 37.1 Å². The molecule has 2 aliphatic heterocycles. The van der Waals surface area contributed by atoms with Crippen LogP contribution in [-0.2, 0) is 11.2 Å². The first-order valence-corrected chi connectivity index (χ1v) is 6.86. The molecule has 2 aliphatic rings. The third kappa shape index (κ3) is 2.42. The van der Waals surface area contributed by atoms with Crippen molar-refractivity contribution in [3.63, 3.8) is 0 Å². The number of nitrogens with zero attached hydrogens (tertiary/aromatic N) is 1. The number of hydrogen-bond donors (Lipinski definition) is 1. The molecule has 1 atom stereocenters. The van der Waals surface area contributed by atoms with Gasteiger partial charge in [-0.1, -0.05) is 23.7 Å². The highest BCUT2D eigenvalue weighted by Gasteiger charge is 2.43. The molecule has 1 N–H and O–H groups in total. The summed E-state index contributed by atoms with van der Waals surface area (Å²) >= 11 is 6.19. The second-order valence-corrected chi connectivity index (χ2v) is 5.77. The number of halogens is 1. The largest absolute Gasteiger partial charge is 0.484 e. The van der Waals surface area contributed by atoms with Crippen molar-refractivity contribution in [2.75, 3.05) is 19.6 Å². The molecule has 1 aromatic carbocycles. The molecule has 0 bridgehead atoms. The number of fused-ring (bicyclic) bond motifs is 1. The van der Waals surface area contributed by atoms with Crippen molar-refractivity contribution in [2.24, 2.45) is 0 Å². The lowest BCUT2D eigenvalue weighted by Crippen LogP contribution is -2.43. The second-order valence-electron chi connectivity index (χ2n) is 5.37. The van der Waals surface area contributed by atoms with Crippen LogP contribution in [0.5, 0.6) is 5.75 Å².